The van der Waals surface area contributed by atoms with E-state index in [0.717, 1.165) is 0 Å². The lowest BCUT2D eigenvalue weighted by Gasteiger charge is -2.06. The van der Waals surface area contributed by atoms with E-state index in [1.165, 1.54) is 34.2 Å². The van der Waals surface area contributed by atoms with Gasteiger partial charge in [-0.15, -0.1) is 0 Å². The lowest BCUT2D eigenvalue weighted by atomic mass is 10.3. The molecule has 0 saturated carbocycles. The van der Waals surface area contributed by atoms with Crippen molar-refractivity contribution < 1.29 is 0 Å². The first-order valence-corrected chi connectivity index (χ1v) is 5.95. The first-order chi connectivity index (χ1) is 10.7. The Morgan fingerprint density at radius 2 is 1.32 bits per heavy atom. The second-order valence-corrected chi connectivity index (χ2v) is 4.17. The van der Waals surface area contributed by atoms with Crippen molar-refractivity contribution in [2.24, 2.45) is 0 Å². The van der Waals surface area contributed by atoms with Crippen molar-refractivity contribution >= 4 is 11.6 Å². The van der Waals surface area contributed by atoms with Crippen LogP contribution in [0.3, 0.4) is 0 Å². The summed E-state index contributed by atoms with van der Waals surface area (Å²) in [4.78, 5) is 8.11. The maximum absolute atomic E-state index is 8.90. The molecule has 0 radical (unpaired) electrons. The molecule has 0 spiro atoms. The van der Waals surface area contributed by atoms with Crippen LogP contribution in [-0.4, -0.2) is 29.5 Å². The zero-order valence-electron chi connectivity index (χ0n) is 11.0. The third-order valence-electron chi connectivity index (χ3n) is 2.93. The lowest BCUT2D eigenvalue weighted by molar-refractivity contribution is 0.813. The maximum atomic E-state index is 8.90. The predicted octanol–water partition coefficient (Wildman–Crippen LogP) is -0.244. The van der Waals surface area contributed by atoms with E-state index in [1.54, 1.807) is 0 Å². The molecule has 0 atom stereocenters. The van der Waals surface area contributed by atoms with Gasteiger partial charge in [-0.05, 0) is 0 Å². The number of nitrogens with zero attached hydrogens (tertiary/aromatic N) is 8. The normalized spacial score (nSPS) is 10.1. The predicted molar refractivity (Wildman–Crippen MR) is 74.5 cm³/mol. The van der Waals surface area contributed by atoms with Crippen LogP contribution in [0.2, 0.25) is 0 Å². The van der Waals surface area contributed by atoms with Gasteiger partial charge in [0.25, 0.3) is 0 Å². The molecule has 0 aliphatic rings. The fourth-order valence-corrected chi connectivity index (χ4v) is 1.82. The fourth-order valence-electron chi connectivity index (χ4n) is 1.82. The van der Waals surface area contributed by atoms with Gasteiger partial charge in [0.15, 0.2) is 11.6 Å². The smallest absolute Gasteiger partial charge is 0.161 e. The van der Waals surface area contributed by atoms with Crippen LogP contribution < -0.4 is 11.5 Å². The molecule has 0 amide bonds. The van der Waals surface area contributed by atoms with Crippen LogP contribution in [0.15, 0.2) is 24.8 Å². The zero-order chi connectivity index (χ0) is 15.7. The summed E-state index contributed by atoms with van der Waals surface area (Å²) in [6.45, 7) is 0. The highest BCUT2D eigenvalue weighted by molar-refractivity contribution is 5.54. The minimum absolute atomic E-state index is 0.165. The maximum Gasteiger partial charge on any atom is 0.161 e. The SMILES string of the molecule is N#Cc1cnn(-c2cc(-n3ncc(C#N)c3N)ncn2)c1N. The van der Waals surface area contributed by atoms with Crippen LogP contribution in [0.5, 0.6) is 0 Å². The van der Waals surface area contributed by atoms with E-state index in [9.17, 15) is 0 Å². The Labute approximate surface area is 123 Å². The van der Waals surface area contributed by atoms with Gasteiger partial charge in [0.2, 0.25) is 0 Å². The number of aromatic nitrogens is 6. The third kappa shape index (κ3) is 1.88. The molecule has 106 valence electrons. The minimum atomic E-state index is 0.165. The molecule has 0 aliphatic heterocycles. The monoisotopic (exact) mass is 292 g/mol. The average Bonchev–Trinajstić information content (AvgIpc) is 3.10. The molecule has 4 N–H and O–H groups in total. The zero-order valence-corrected chi connectivity index (χ0v) is 11.0. The molecule has 22 heavy (non-hydrogen) atoms. The molecule has 0 fully saturated rings. The molecule has 3 rings (SSSR count). The van der Waals surface area contributed by atoms with Crippen LogP contribution in [0.1, 0.15) is 11.1 Å². The minimum Gasteiger partial charge on any atom is -0.382 e. The largest absolute Gasteiger partial charge is 0.382 e. The second kappa shape index (κ2) is 4.88. The molecule has 10 nitrogen and oxygen atoms in total. The summed E-state index contributed by atoms with van der Waals surface area (Å²) in [6, 6.07) is 5.39. The summed E-state index contributed by atoms with van der Waals surface area (Å²) >= 11 is 0. The molecule has 3 aromatic rings. The van der Waals surface area contributed by atoms with Gasteiger partial charge < -0.3 is 11.5 Å². The van der Waals surface area contributed by atoms with Crippen LogP contribution >= 0.6 is 0 Å². The summed E-state index contributed by atoms with van der Waals surface area (Å²) in [7, 11) is 0. The standard InChI is InChI=1S/C12H8N10/c13-2-7-4-19-21(11(7)15)9-1-10(18-6-17-9)22-12(16)8(3-14)5-20-22/h1,4-6H,15-16H2. The molecule has 3 heterocycles. The molecule has 3 aromatic heterocycles. The molecule has 0 aliphatic carbocycles. The van der Waals surface area contributed by atoms with Crippen molar-refractivity contribution in [3.05, 3.63) is 35.9 Å². The Morgan fingerprint density at radius 3 is 1.68 bits per heavy atom. The van der Waals surface area contributed by atoms with Gasteiger partial charge in [-0.2, -0.15) is 30.1 Å². The van der Waals surface area contributed by atoms with Crippen LogP contribution in [0.4, 0.5) is 11.6 Å². The van der Waals surface area contributed by atoms with Gasteiger partial charge in [0.05, 0.1) is 12.4 Å². The Bertz CT molecular complexity index is 862. The van der Waals surface area contributed by atoms with Crippen molar-refractivity contribution in [1.82, 2.24) is 29.5 Å². The number of nitrogen functional groups attached to an aromatic ring is 2. The number of anilines is 2. The lowest BCUT2D eigenvalue weighted by Crippen LogP contribution is -2.09. The number of rotatable bonds is 2. The van der Waals surface area contributed by atoms with Gasteiger partial charge in [-0.3, -0.25) is 0 Å². The van der Waals surface area contributed by atoms with E-state index >= 15 is 0 Å². The molecule has 0 aromatic carbocycles. The summed E-state index contributed by atoms with van der Waals surface area (Å²) in [5.74, 6) is 1.02. The summed E-state index contributed by atoms with van der Waals surface area (Å²) in [6.07, 6.45) is 3.96. The van der Waals surface area contributed by atoms with Gasteiger partial charge >= 0.3 is 0 Å². The van der Waals surface area contributed by atoms with Crippen molar-refractivity contribution in [2.45, 2.75) is 0 Å². The number of hydrogen-bond donors (Lipinski definition) is 2. The van der Waals surface area contributed by atoms with Crippen LogP contribution in [-0.2, 0) is 0 Å². The van der Waals surface area contributed by atoms with E-state index in [4.69, 9.17) is 22.0 Å². The van der Waals surface area contributed by atoms with Crippen molar-refractivity contribution in [3.8, 4) is 23.8 Å². The van der Waals surface area contributed by atoms with Gasteiger partial charge in [-0.1, -0.05) is 0 Å². The number of hydrogen-bond acceptors (Lipinski definition) is 8. The quantitative estimate of drug-likeness (QED) is 0.653. The highest BCUT2D eigenvalue weighted by Gasteiger charge is 2.13. The molecular formula is C12H8N10. The second-order valence-electron chi connectivity index (χ2n) is 4.17. The highest BCUT2D eigenvalue weighted by Crippen LogP contribution is 2.18. The highest BCUT2D eigenvalue weighted by atomic mass is 15.4. The summed E-state index contributed by atoms with van der Waals surface area (Å²) < 4.78 is 2.60. The number of nitriles is 2. The van der Waals surface area contributed by atoms with Gasteiger partial charge in [0.1, 0.15) is 41.2 Å². The van der Waals surface area contributed by atoms with E-state index in [1.807, 2.05) is 12.1 Å². The molecule has 0 unspecified atom stereocenters. The summed E-state index contributed by atoms with van der Waals surface area (Å²) in [5.41, 5.74) is 12.1. The Kier molecular flexibility index (Phi) is 2.90. The van der Waals surface area contributed by atoms with Gasteiger partial charge in [-0.25, -0.2) is 9.97 Å². The number of nitrogens with two attached hydrogens (primary N) is 2. The molecule has 0 bridgehead atoms. The molecular weight excluding hydrogens is 284 g/mol. The molecule has 10 heteroatoms. The Morgan fingerprint density at radius 1 is 0.864 bits per heavy atom. The first kappa shape index (κ1) is 13.1. The fraction of sp³-hybridized carbons (Fsp3) is 0. The van der Waals surface area contributed by atoms with Crippen LogP contribution in [0, 0.1) is 22.7 Å². The summed E-state index contributed by atoms with van der Waals surface area (Å²) in [5, 5.41) is 25.8. The van der Waals surface area contributed by atoms with E-state index < -0.39 is 0 Å². The Hall–Kier alpha value is -3.92. The Balaban J connectivity index is 2.10. The first-order valence-electron chi connectivity index (χ1n) is 5.95. The molecule has 0 saturated heterocycles. The average molecular weight is 292 g/mol. The van der Waals surface area contributed by atoms with E-state index in [-0.39, 0.29) is 22.8 Å². The topological polar surface area (TPSA) is 161 Å². The van der Waals surface area contributed by atoms with E-state index in [0.29, 0.717) is 11.6 Å². The van der Waals surface area contributed by atoms with E-state index in [2.05, 4.69) is 20.2 Å². The van der Waals surface area contributed by atoms with Crippen molar-refractivity contribution in [3.63, 3.8) is 0 Å². The van der Waals surface area contributed by atoms with Gasteiger partial charge in [0, 0.05) is 6.07 Å². The van der Waals surface area contributed by atoms with Crippen molar-refractivity contribution in [2.75, 3.05) is 11.5 Å². The van der Waals surface area contributed by atoms with Crippen molar-refractivity contribution in [1.29, 1.82) is 10.5 Å². The third-order valence-corrected chi connectivity index (χ3v) is 2.93. The van der Waals surface area contributed by atoms with Crippen LogP contribution in [0.25, 0.3) is 11.6 Å².